The van der Waals surface area contributed by atoms with Gasteiger partial charge in [0.1, 0.15) is 22.9 Å². The summed E-state index contributed by atoms with van der Waals surface area (Å²) < 4.78 is 17.0. The Bertz CT molecular complexity index is 1340. The predicted octanol–water partition coefficient (Wildman–Crippen LogP) is 2.85. The average molecular weight is 498 g/mol. The highest BCUT2D eigenvalue weighted by atomic mass is 35.5. The van der Waals surface area contributed by atoms with E-state index in [1.54, 1.807) is 45.7 Å². The van der Waals surface area contributed by atoms with Crippen molar-refractivity contribution in [2.24, 2.45) is 5.73 Å². The summed E-state index contributed by atoms with van der Waals surface area (Å²) in [6, 6.07) is 4.45. The third-order valence-electron chi connectivity index (χ3n) is 6.03. The Balaban J connectivity index is 1.61. The number of likely N-dealkylation sites (tertiary alicyclic amines) is 1. The smallest absolute Gasteiger partial charge is 0.298 e. The quantitative estimate of drug-likeness (QED) is 0.524. The van der Waals surface area contributed by atoms with Gasteiger partial charge in [-0.25, -0.2) is 9.07 Å². The van der Waals surface area contributed by atoms with E-state index < -0.39 is 11.7 Å². The lowest BCUT2D eigenvalue weighted by Crippen LogP contribution is -2.31. The van der Waals surface area contributed by atoms with Gasteiger partial charge in [0.2, 0.25) is 0 Å². The molecule has 0 bridgehead atoms. The van der Waals surface area contributed by atoms with Crippen LogP contribution in [-0.4, -0.2) is 49.4 Å². The van der Waals surface area contributed by atoms with Crippen LogP contribution < -0.4 is 11.5 Å². The van der Waals surface area contributed by atoms with Crippen LogP contribution in [0.2, 0.25) is 5.02 Å². The van der Waals surface area contributed by atoms with Gasteiger partial charge in [0.15, 0.2) is 0 Å². The van der Waals surface area contributed by atoms with E-state index in [4.69, 9.17) is 23.1 Å². The second-order valence-electron chi connectivity index (χ2n) is 8.31. The van der Waals surface area contributed by atoms with Gasteiger partial charge >= 0.3 is 0 Å². The number of aromatic nitrogens is 4. The van der Waals surface area contributed by atoms with Crippen LogP contribution in [-0.2, 0) is 11.3 Å². The van der Waals surface area contributed by atoms with Crippen LogP contribution in [0.5, 0.6) is 0 Å². The normalized spacial score (nSPS) is 15.9. The molecule has 2 amide bonds. The Hall–Kier alpha value is -3.84. The van der Waals surface area contributed by atoms with Crippen molar-refractivity contribution in [1.82, 2.24) is 24.5 Å². The number of benzene rings is 1. The van der Waals surface area contributed by atoms with Gasteiger partial charge in [0.25, 0.3) is 11.8 Å². The van der Waals surface area contributed by atoms with Crippen LogP contribution in [0, 0.1) is 17.7 Å². The van der Waals surface area contributed by atoms with E-state index in [0.717, 1.165) is 12.8 Å². The molecule has 2 aromatic heterocycles. The second-order valence-corrected chi connectivity index (χ2v) is 8.69. The zero-order valence-electron chi connectivity index (χ0n) is 19.2. The lowest BCUT2D eigenvalue weighted by atomic mass is 10.1. The molecule has 3 heterocycles. The van der Waals surface area contributed by atoms with Gasteiger partial charge in [-0.15, -0.1) is 0 Å². The number of nitrogen functional groups attached to an aromatic ring is 1. The fraction of sp³-hybridized carbons (Fsp3) is 0.333. The fourth-order valence-corrected chi connectivity index (χ4v) is 4.49. The van der Waals surface area contributed by atoms with Gasteiger partial charge in [-0.2, -0.15) is 10.2 Å². The highest BCUT2D eigenvalue weighted by Gasteiger charge is 2.28. The first-order chi connectivity index (χ1) is 16.8. The number of hydrogen-bond acceptors (Lipinski definition) is 5. The van der Waals surface area contributed by atoms with Crippen molar-refractivity contribution in [3.05, 3.63) is 52.6 Å². The number of halogens is 2. The Morgan fingerprint density at radius 3 is 2.83 bits per heavy atom. The summed E-state index contributed by atoms with van der Waals surface area (Å²) in [4.78, 5) is 26.2. The number of anilines is 1. The van der Waals surface area contributed by atoms with E-state index in [9.17, 15) is 14.0 Å². The molecule has 4 rings (SSSR count). The summed E-state index contributed by atoms with van der Waals surface area (Å²) in [6.07, 6.45) is 5.30. The first-order valence-electron chi connectivity index (χ1n) is 11.1. The van der Waals surface area contributed by atoms with Crippen molar-refractivity contribution < 1.29 is 14.0 Å². The van der Waals surface area contributed by atoms with Gasteiger partial charge in [0, 0.05) is 24.8 Å². The lowest BCUT2D eigenvalue weighted by molar-refractivity contribution is -0.125. The van der Waals surface area contributed by atoms with Crippen LogP contribution in [0.25, 0.3) is 11.3 Å². The fourth-order valence-electron chi connectivity index (χ4n) is 4.30. The Morgan fingerprint density at radius 2 is 2.09 bits per heavy atom. The van der Waals surface area contributed by atoms with Crippen molar-refractivity contribution in [3.63, 3.8) is 0 Å². The summed E-state index contributed by atoms with van der Waals surface area (Å²) in [5.41, 5.74) is 13.5. The van der Waals surface area contributed by atoms with E-state index in [1.165, 1.54) is 6.07 Å². The Labute approximate surface area is 206 Å². The highest BCUT2D eigenvalue weighted by Crippen LogP contribution is 2.32. The number of carbonyl (C=O) groups excluding carboxylic acids is 2. The molecule has 1 aliphatic heterocycles. The molecule has 0 radical (unpaired) electrons. The number of rotatable bonds is 5. The van der Waals surface area contributed by atoms with Crippen LogP contribution in [0.1, 0.15) is 48.1 Å². The number of amides is 2. The number of primary amides is 1. The van der Waals surface area contributed by atoms with Crippen molar-refractivity contribution in [2.45, 2.75) is 38.8 Å². The molecule has 1 atom stereocenters. The van der Waals surface area contributed by atoms with Crippen LogP contribution >= 0.6 is 11.6 Å². The van der Waals surface area contributed by atoms with E-state index in [-0.39, 0.29) is 34.9 Å². The Kier molecular flexibility index (Phi) is 7.07. The summed E-state index contributed by atoms with van der Waals surface area (Å²) in [6.45, 7) is 2.96. The topological polar surface area (TPSA) is 125 Å². The summed E-state index contributed by atoms with van der Waals surface area (Å²) in [5.74, 6) is 3.97. The first-order valence-corrected chi connectivity index (χ1v) is 11.5. The molecule has 9 nitrogen and oxygen atoms in total. The molecule has 1 fully saturated rings. The molecule has 4 N–H and O–H groups in total. The molecule has 182 valence electrons. The molecule has 0 unspecified atom stereocenters. The van der Waals surface area contributed by atoms with Gasteiger partial charge < -0.3 is 16.4 Å². The zero-order chi connectivity index (χ0) is 25.1. The third-order valence-corrected chi connectivity index (χ3v) is 6.45. The molecule has 3 aromatic rings. The molecule has 0 spiro atoms. The number of nitrogens with two attached hydrogens (primary N) is 2. The largest absolute Gasteiger partial charge is 0.383 e. The monoisotopic (exact) mass is 497 g/mol. The molecule has 0 saturated carbocycles. The third kappa shape index (κ3) is 5.00. The van der Waals surface area contributed by atoms with Gasteiger partial charge in [0.05, 0.1) is 23.8 Å². The van der Waals surface area contributed by atoms with Crippen LogP contribution in [0.4, 0.5) is 10.2 Å². The maximum absolute atomic E-state index is 13.8. The molecule has 1 aromatic carbocycles. The van der Waals surface area contributed by atoms with E-state index in [1.807, 2.05) is 0 Å². The van der Waals surface area contributed by atoms with Crippen LogP contribution in [0.3, 0.4) is 0 Å². The van der Waals surface area contributed by atoms with E-state index in [0.29, 0.717) is 36.3 Å². The summed E-state index contributed by atoms with van der Waals surface area (Å²) in [5, 5.41) is 8.98. The van der Waals surface area contributed by atoms with Crippen molar-refractivity contribution in [2.75, 3.05) is 18.8 Å². The number of carbonyl (C=O) groups is 2. The minimum Gasteiger partial charge on any atom is -0.383 e. The first kappa shape index (κ1) is 24.3. The summed E-state index contributed by atoms with van der Waals surface area (Å²) in [7, 11) is 0. The standard InChI is InChI=1S/C24H25ClFN7O2/c1-2-5-19(34)31-10-4-7-17(9-11-31)33-23(27)20(24(28)35)22(30-33)16-12-29-32(14-16)13-15-6-3-8-18(26)21(15)25/h3,6,8,12,14,17H,4,7,9-11,13,27H2,1H3,(H2,28,35)/t17-/m0/s1. The van der Waals surface area contributed by atoms with Gasteiger partial charge in [-0.05, 0) is 43.7 Å². The summed E-state index contributed by atoms with van der Waals surface area (Å²) >= 11 is 6.06. The minimum absolute atomic E-state index is 0.0294. The average Bonchev–Trinajstić information content (AvgIpc) is 3.33. The molecular weight excluding hydrogens is 473 g/mol. The van der Waals surface area contributed by atoms with Gasteiger partial charge in [-0.3, -0.25) is 14.3 Å². The molecule has 1 saturated heterocycles. The van der Waals surface area contributed by atoms with Gasteiger partial charge in [-0.1, -0.05) is 29.7 Å². The molecule has 1 aliphatic rings. The molecular formula is C24H25ClFN7O2. The predicted molar refractivity (Wildman–Crippen MR) is 130 cm³/mol. The minimum atomic E-state index is -0.701. The second kappa shape index (κ2) is 10.2. The number of nitrogens with zero attached hydrogens (tertiary/aromatic N) is 5. The lowest BCUT2D eigenvalue weighted by Gasteiger charge is -2.18. The van der Waals surface area contributed by atoms with Crippen LogP contribution in [0.15, 0.2) is 30.6 Å². The number of hydrogen-bond donors (Lipinski definition) is 2. The Morgan fingerprint density at radius 1 is 1.29 bits per heavy atom. The maximum Gasteiger partial charge on any atom is 0.298 e. The van der Waals surface area contributed by atoms with Crippen molar-refractivity contribution in [1.29, 1.82) is 0 Å². The molecule has 11 heteroatoms. The SMILES string of the molecule is CC#CC(=O)N1CCC[C@H](n2nc(-c3cnn(Cc4cccc(F)c4Cl)c3)c(C(N)=O)c2N)CC1. The zero-order valence-corrected chi connectivity index (χ0v) is 19.9. The maximum atomic E-state index is 13.8. The molecule has 35 heavy (non-hydrogen) atoms. The molecule has 0 aliphatic carbocycles. The van der Waals surface area contributed by atoms with E-state index in [2.05, 4.69) is 22.0 Å². The van der Waals surface area contributed by atoms with Crippen molar-refractivity contribution in [3.8, 4) is 23.1 Å². The van der Waals surface area contributed by atoms with Crippen molar-refractivity contribution >= 4 is 29.2 Å². The highest BCUT2D eigenvalue weighted by molar-refractivity contribution is 6.31. The van der Waals surface area contributed by atoms with E-state index >= 15 is 0 Å².